The van der Waals surface area contributed by atoms with Crippen molar-refractivity contribution >= 4 is 17.6 Å². The van der Waals surface area contributed by atoms with Gasteiger partial charge in [0.25, 0.3) is 0 Å². The Hall–Kier alpha value is -0.710. The van der Waals surface area contributed by atoms with E-state index in [1.807, 2.05) is 6.21 Å². The van der Waals surface area contributed by atoms with Crippen LogP contribution in [0.4, 0.5) is 0 Å². The summed E-state index contributed by atoms with van der Waals surface area (Å²) >= 11 is 1.74. The minimum Gasteiger partial charge on any atom is -0.314 e. The van der Waals surface area contributed by atoms with Gasteiger partial charge in [0.2, 0.25) is 0 Å². The van der Waals surface area contributed by atoms with E-state index in [0.717, 1.165) is 39.3 Å². The summed E-state index contributed by atoms with van der Waals surface area (Å²) in [4.78, 5) is 8.14. The number of nitrogens with zero attached hydrogens (tertiary/aromatic N) is 2. The van der Waals surface area contributed by atoms with Gasteiger partial charge in [-0.1, -0.05) is 6.07 Å². The zero-order valence-corrected chi connectivity index (χ0v) is 9.67. The standard InChI is InChI=1S/C11H17N3S/c1-2-11(15-9-1)10-13-5-8-14-6-3-12-4-7-14/h1-2,9-10,12H,3-8H2. The zero-order chi connectivity index (χ0) is 10.3. The number of hydrogen-bond acceptors (Lipinski definition) is 4. The van der Waals surface area contributed by atoms with E-state index in [-0.39, 0.29) is 0 Å². The van der Waals surface area contributed by atoms with Crippen molar-refractivity contribution in [2.45, 2.75) is 0 Å². The maximum Gasteiger partial charge on any atom is 0.0517 e. The van der Waals surface area contributed by atoms with Crippen LogP contribution in [0, 0.1) is 0 Å². The minimum absolute atomic E-state index is 0.915. The fraction of sp³-hybridized carbons (Fsp3) is 0.545. The second-order valence-corrected chi connectivity index (χ2v) is 4.62. The Bertz CT molecular complexity index is 289. The molecule has 0 atom stereocenters. The predicted molar refractivity (Wildman–Crippen MR) is 66.1 cm³/mol. The van der Waals surface area contributed by atoms with Crippen LogP contribution in [-0.2, 0) is 0 Å². The van der Waals surface area contributed by atoms with Crippen molar-refractivity contribution in [1.29, 1.82) is 0 Å². The Kier molecular flexibility index (Phi) is 4.32. The molecule has 3 nitrogen and oxygen atoms in total. The molecule has 0 aromatic carbocycles. The summed E-state index contributed by atoms with van der Waals surface area (Å²) in [5, 5.41) is 5.43. The molecule has 0 amide bonds. The largest absolute Gasteiger partial charge is 0.314 e. The molecule has 0 saturated carbocycles. The van der Waals surface area contributed by atoms with E-state index in [1.54, 1.807) is 11.3 Å². The maximum absolute atomic E-state index is 4.43. The van der Waals surface area contributed by atoms with E-state index in [9.17, 15) is 0 Å². The van der Waals surface area contributed by atoms with Gasteiger partial charge < -0.3 is 5.32 Å². The van der Waals surface area contributed by atoms with Gasteiger partial charge in [0.15, 0.2) is 0 Å². The first-order chi connectivity index (χ1) is 7.45. The molecule has 15 heavy (non-hydrogen) atoms. The van der Waals surface area contributed by atoms with Crippen LogP contribution in [0.5, 0.6) is 0 Å². The maximum atomic E-state index is 4.43. The molecule has 0 bridgehead atoms. The highest BCUT2D eigenvalue weighted by molar-refractivity contribution is 7.11. The number of nitrogens with one attached hydrogen (secondary N) is 1. The molecule has 4 heteroatoms. The lowest BCUT2D eigenvalue weighted by atomic mass is 10.3. The van der Waals surface area contributed by atoms with E-state index < -0.39 is 0 Å². The fourth-order valence-corrected chi connectivity index (χ4v) is 2.26. The second-order valence-electron chi connectivity index (χ2n) is 3.64. The molecular formula is C11H17N3S. The van der Waals surface area contributed by atoms with Crippen molar-refractivity contribution in [1.82, 2.24) is 10.2 Å². The number of rotatable bonds is 4. The summed E-state index contributed by atoms with van der Waals surface area (Å²) in [7, 11) is 0. The Labute approximate surface area is 94.8 Å². The lowest BCUT2D eigenvalue weighted by Gasteiger charge is -2.26. The first-order valence-corrected chi connectivity index (χ1v) is 6.29. The molecule has 1 aromatic rings. The van der Waals surface area contributed by atoms with Crippen LogP contribution in [0.2, 0.25) is 0 Å². The van der Waals surface area contributed by atoms with Crippen LogP contribution in [-0.4, -0.2) is 50.4 Å². The molecular weight excluding hydrogens is 206 g/mol. The van der Waals surface area contributed by atoms with Crippen molar-refractivity contribution in [3.05, 3.63) is 22.4 Å². The SMILES string of the molecule is C(=NCCN1CCNCC1)c1cccs1. The molecule has 0 aliphatic carbocycles. The second kappa shape index (κ2) is 6.00. The lowest BCUT2D eigenvalue weighted by molar-refractivity contribution is 0.248. The van der Waals surface area contributed by atoms with Crippen molar-refractivity contribution in [3.63, 3.8) is 0 Å². The summed E-state index contributed by atoms with van der Waals surface area (Å²) in [5.74, 6) is 0. The summed E-state index contributed by atoms with van der Waals surface area (Å²) in [6.45, 7) is 6.56. The molecule has 2 rings (SSSR count). The summed E-state index contributed by atoms with van der Waals surface area (Å²) in [6, 6.07) is 4.15. The molecule has 0 unspecified atom stereocenters. The van der Waals surface area contributed by atoms with Crippen LogP contribution in [0.3, 0.4) is 0 Å². The van der Waals surface area contributed by atoms with Crippen molar-refractivity contribution in [3.8, 4) is 0 Å². The van der Waals surface area contributed by atoms with E-state index in [2.05, 4.69) is 32.7 Å². The normalized spacial score (nSPS) is 18.7. The first kappa shape index (κ1) is 10.8. The molecule has 1 N–H and O–H groups in total. The topological polar surface area (TPSA) is 27.6 Å². The minimum atomic E-state index is 0.915. The highest BCUT2D eigenvalue weighted by Crippen LogP contribution is 2.04. The molecule has 0 spiro atoms. The third-order valence-electron chi connectivity index (χ3n) is 2.52. The summed E-state index contributed by atoms with van der Waals surface area (Å²) < 4.78 is 0. The smallest absolute Gasteiger partial charge is 0.0517 e. The average Bonchev–Trinajstić information content (AvgIpc) is 2.79. The van der Waals surface area contributed by atoms with Crippen molar-refractivity contribution in [2.24, 2.45) is 4.99 Å². The van der Waals surface area contributed by atoms with Crippen LogP contribution >= 0.6 is 11.3 Å². The Balaban J connectivity index is 1.65. The van der Waals surface area contributed by atoms with Crippen LogP contribution in [0.1, 0.15) is 4.88 Å². The molecule has 1 aromatic heterocycles. The lowest BCUT2D eigenvalue weighted by Crippen LogP contribution is -2.44. The number of thiophene rings is 1. The van der Waals surface area contributed by atoms with Gasteiger partial charge in [0.05, 0.1) is 6.54 Å². The molecule has 1 saturated heterocycles. The molecule has 2 heterocycles. The molecule has 1 aliphatic rings. The summed E-state index contributed by atoms with van der Waals surface area (Å²) in [6.07, 6.45) is 1.98. The van der Waals surface area contributed by atoms with Gasteiger partial charge in [-0.15, -0.1) is 11.3 Å². The van der Waals surface area contributed by atoms with E-state index in [0.29, 0.717) is 0 Å². The quantitative estimate of drug-likeness (QED) is 0.773. The van der Waals surface area contributed by atoms with Gasteiger partial charge in [0.1, 0.15) is 0 Å². The van der Waals surface area contributed by atoms with Gasteiger partial charge in [-0.3, -0.25) is 9.89 Å². The average molecular weight is 223 g/mol. The Morgan fingerprint density at radius 1 is 1.47 bits per heavy atom. The van der Waals surface area contributed by atoms with Gasteiger partial charge >= 0.3 is 0 Å². The van der Waals surface area contributed by atoms with Crippen LogP contribution < -0.4 is 5.32 Å². The highest BCUT2D eigenvalue weighted by atomic mass is 32.1. The van der Waals surface area contributed by atoms with Gasteiger partial charge in [-0.05, 0) is 11.4 Å². The molecule has 1 aliphatic heterocycles. The van der Waals surface area contributed by atoms with Gasteiger partial charge in [-0.25, -0.2) is 0 Å². The summed E-state index contributed by atoms with van der Waals surface area (Å²) in [5.41, 5.74) is 0. The van der Waals surface area contributed by atoms with Crippen LogP contribution in [0.15, 0.2) is 22.5 Å². The number of aliphatic imine (C=N–C) groups is 1. The molecule has 0 radical (unpaired) electrons. The third kappa shape index (κ3) is 3.74. The van der Waals surface area contributed by atoms with Crippen molar-refractivity contribution in [2.75, 3.05) is 39.3 Å². The first-order valence-electron chi connectivity index (χ1n) is 5.41. The molecule has 1 fully saturated rings. The van der Waals surface area contributed by atoms with E-state index in [4.69, 9.17) is 0 Å². The van der Waals surface area contributed by atoms with Gasteiger partial charge in [0, 0.05) is 43.8 Å². The zero-order valence-electron chi connectivity index (χ0n) is 8.85. The Morgan fingerprint density at radius 3 is 3.07 bits per heavy atom. The third-order valence-corrected chi connectivity index (χ3v) is 3.32. The highest BCUT2D eigenvalue weighted by Gasteiger charge is 2.07. The Morgan fingerprint density at radius 2 is 2.33 bits per heavy atom. The molecule has 82 valence electrons. The van der Waals surface area contributed by atoms with Crippen LogP contribution in [0.25, 0.3) is 0 Å². The monoisotopic (exact) mass is 223 g/mol. The number of hydrogen-bond donors (Lipinski definition) is 1. The van der Waals surface area contributed by atoms with Gasteiger partial charge in [-0.2, -0.15) is 0 Å². The van der Waals surface area contributed by atoms with Crippen molar-refractivity contribution < 1.29 is 0 Å². The number of piperazine rings is 1. The predicted octanol–water partition coefficient (Wildman–Crippen LogP) is 1.07. The van der Waals surface area contributed by atoms with E-state index >= 15 is 0 Å². The van der Waals surface area contributed by atoms with E-state index in [1.165, 1.54) is 4.88 Å². The fourth-order valence-electron chi connectivity index (χ4n) is 1.65.